The van der Waals surface area contributed by atoms with Crippen molar-refractivity contribution < 1.29 is 8.42 Å². The van der Waals surface area contributed by atoms with E-state index in [9.17, 15) is 8.42 Å². The quantitative estimate of drug-likeness (QED) is 0.859. The zero-order chi connectivity index (χ0) is 15.3. The minimum absolute atomic E-state index is 0.337. The second-order valence-corrected chi connectivity index (χ2v) is 7.86. The van der Waals surface area contributed by atoms with E-state index in [0.717, 1.165) is 31.4 Å². The van der Waals surface area contributed by atoms with Gasteiger partial charge in [0.25, 0.3) is 0 Å². The Morgan fingerprint density at radius 2 is 2.29 bits per heavy atom. The predicted molar refractivity (Wildman–Crippen MR) is 84.5 cm³/mol. The van der Waals surface area contributed by atoms with E-state index >= 15 is 0 Å². The lowest BCUT2D eigenvalue weighted by Crippen LogP contribution is -2.41. The molecule has 0 aliphatic carbocycles. The first-order chi connectivity index (χ1) is 9.99. The van der Waals surface area contributed by atoms with Crippen molar-refractivity contribution in [2.45, 2.75) is 31.7 Å². The van der Waals surface area contributed by atoms with E-state index < -0.39 is 10.0 Å². The molecule has 1 saturated heterocycles. The van der Waals surface area contributed by atoms with Crippen molar-refractivity contribution in [2.75, 3.05) is 26.4 Å². The smallest absolute Gasteiger partial charge is 0.211 e. The van der Waals surface area contributed by atoms with Gasteiger partial charge in [-0.05, 0) is 44.4 Å². The second-order valence-electron chi connectivity index (χ2n) is 5.88. The van der Waals surface area contributed by atoms with Gasteiger partial charge in [-0.15, -0.1) is 0 Å². The molecule has 21 heavy (non-hydrogen) atoms. The first-order valence-corrected chi connectivity index (χ1v) is 9.36. The Kier molecular flexibility index (Phi) is 5.72. The molecular formula is C15H25N3O2S. The molecule has 0 bridgehead atoms. The summed E-state index contributed by atoms with van der Waals surface area (Å²) >= 11 is 0. The van der Waals surface area contributed by atoms with E-state index in [-0.39, 0.29) is 0 Å². The minimum atomic E-state index is -3.06. The molecule has 2 heterocycles. The van der Waals surface area contributed by atoms with E-state index in [1.165, 1.54) is 6.26 Å². The molecule has 0 radical (unpaired) electrons. The van der Waals surface area contributed by atoms with Gasteiger partial charge in [-0.2, -0.15) is 0 Å². The van der Waals surface area contributed by atoms with Crippen molar-refractivity contribution >= 4 is 10.0 Å². The number of piperidine rings is 1. The average molecular weight is 311 g/mol. The van der Waals surface area contributed by atoms with Crippen molar-refractivity contribution in [1.82, 2.24) is 14.6 Å². The summed E-state index contributed by atoms with van der Waals surface area (Å²) in [6, 6.07) is 6.29. The van der Waals surface area contributed by atoms with Gasteiger partial charge >= 0.3 is 0 Å². The molecule has 0 spiro atoms. The lowest BCUT2D eigenvalue weighted by atomic mass is 9.90. The van der Waals surface area contributed by atoms with Crippen LogP contribution in [0, 0.1) is 5.92 Å². The fourth-order valence-electron chi connectivity index (χ4n) is 3.00. The molecular weight excluding hydrogens is 286 g/mol. The zero-order valence-electron chi connectivity index (χ0n) is 12.8. The molecule has 1 aliphatic heterocycles. The van der Waals surface area contributed by atoms with Gasteiger partial charge in [-0.3, -0.25) is 4.98 Å². The Hall–Kier alpha value is -0.980. The molecule has 1 aromatic heterocycles. The van der Waals surface area contributed by atoms with Crippen LogP contribution in [0.15, 0.2) is 24.4 Å². The van der Waals surface area contributed by atoms with Gasteiger partial charge in [-0.25, -0.2) is 12.7 Å². The molecule has 1 fully saturated rings. The van der Waals surface area contributed by atoms with Gasteiger partial charge in [0.2, 0.25) is 10.0 Å². The number of nitrogens with one attached hydrogen (secondary N) is 1. The molecule has 1 aliphatic rings. The highest BCUT2D eigenvalue weighted by molar-refractivity contribution is 7.88. The van der Waals surface area contributed by atoms with Gasteiger partial charge in [0.05, 0.1) is 6.26 Å². The SMILES string of the molecule is CNC(Cc1ccccn1)CC1CCCN(S(C)(=O)=O)C1. The molecule has 0 aromatic carbocycles. The number of aromatic nitrogens is 1. The van der Waals surface area contributed by atoms with Crippen LogP contribution in [-0.2, 0) is 16.4 Å². The molecule has 118 valence electrons. The molecule has 0 amide bonds. The Labute approximate surface area is 127 Å². The number of pyridine rings is 1. The van der Waals surface area contributed by atoms with Crippen LogP contribution in [0.25, 0.3) is 0 Å². The van der Waals surface area contributed by atoms with E-state index in [1.807, 2.05) is 31.4 Å². The van der Waals surface area contributed by atoms with Gasteiger partial charge < -0.3 is 5.32 Å². The van der Waals surface area contributed by atoms with Crippen LogP contribution in [-0.4, -0.2) is 50.1 Å². The maximum Gasteiger partial charge on any atom is 0.211 e. The van der Waals surface area contributed by atoms with E-state index in [0.29, 0.717) is 25.0 Å². The van der Waals surface area contributed by atoms with Crippen molar-refractivity contribution in [1.29, 1.82) is 0 Å². The maximum absolute atomic E-state index is 11.7. The van der Waals surface area contributed by atoms with Crippen molar-refractivity contribution in [3.05, 3.63) is 30.1 Å². The summed E-state index contributed by atoms with van der Waals surface area (Å²) in [5.41, 5.74) is 1.08. The van der Waals surface area contributed by atoms with E-state index in [1.54, 1.807) is 4.31 Å². The number of hydrogen-bond acceptors (Lipinski definition) is 4. The van der Waals surface area contributed by atoms with Gasteiger partial charge in [-0.1, -0.05) is 6.07 Å². The molecule has 2 atom stereocenters. The number of hydrogen-bond donors (Lipinski definition) is 1. The summed E-state index contributed by atoms with van der Waals surface area (Å²) in [6.07, 6.45) is 7.04. The predicted octanol–water partition coefficient (Wildman–Crippen LogP) is 1.27. The van der Waals surface area contributed by atoms with Crippen molar-refractivity contribution in [3.63, 3.8) is 0 Å². The normalized spacial score (nSPS) is 22.1. The van der Waals surface area contributed by atoms with Gasteiger partial charge in [0.1, 0.15) is 0 Å². The van der Waals surface area contributed by atoms with E-state index in [2.05, 4.69) is 10.3 Å². The van der Waals surface area contributed by atoms with Crippen LogP contribution in [0.2, 0.25) is 0 Å². The molecule has 2 unspecified atom stereocenters. The number of nitrogens with zero attached hydrogens (tertiary/aromatic N) is 2. The van der Waals surface area contributed by atoms with Crippen LogP contribution in [0.1, 0.15) is 25.0 Å². The summed E-state index contributed by atoms with van der Waals surface area (Å²) in [5, 5.41) is 3.34. The van der Waals surface area contributed by atoms with Crippen LogP contribution in [0.3, 0.4) is 0 Å². The lowest BCUT2D eigenvalue weighted by molar-refractivity contribution is 0.239. The van der Waals surface area contributed by atoms with Crippen LogP contribution in [0.4, 0.5) is 0 Å². The van der Waals surface area contributed by atoms with Crippen molar-refractivity contribution in [2.24, 2.45) is 5.92 Å². The fraction of sp³-hybridized carbons (Fsp3) is 0.667. The molecule has 1 aromatic rings. The molecule has 2 rings (SSSR count). The highest BCUT2D eigenvalue weighted by atomic mass is 32.2. The average Bonchev–Trinajstić information content (AvgIpc) is 2.47. The third-order valence-electron chi connectivity index (χ3n) is 4.16. The molecule has 6 heteroatoms. The lowest BCUT2D eigenvalue weighted by Gasteiger charge is -2.33. The Morgan fingerprint density at radius 3 is 2.90 bits per heavy atom. The second kappa shape index (κ2) is 7.33. The van der Waals surface area contributed by atoms with Crippen LogP contribution < -0.4 is 5.32 Å². The highest BCUT2D eigenvalue weighted by Gasteiger charge is 2.27. The van der Waals surface area contributed by atoms with Gasteiger partial charge in [0.15, 0.2) is 0 Å². The standard InChI is InChI=1S/C15H25N3O2S/c1-16-15(11-14-7-3-4-8-17-14)10-13-6-5-9-18(12-13)21(2,19)20/h3-4,7-8,13,15-16H,5-6,9-12H2,1-2H3. The Balaban J connectivity index is 1.92. The summed E-state index contributed by atoms with van der Waals surface area (Å²) in [4.78, 5) is 4.37. The Bertz CT molecular complexity index is 533. The first-order valence-electron chi connectivity index (χ1n) is 7.51. The van der Waals surface area contributed by atoms with Crippen molar-refractivity contribution in [3.8, 4) is 0 Å². The first kappa shape index (κ1) is 16.4. The molecule has 1 N–H and O–H groups in total. The maximum atomic E-state index is 11.7. The van der Waals surface area contributed by atoms with Crippen LogP contribution >= 0.6 is 0 Å². The highest BCUT2D eigenvalue weighted by Crippen LogP contribution is 2.23. The zero-order valence-corrected chi connectivity index (χ0v) is 13.6. The minimum Gasteiger partial charge on any atom is -0.317 e. The topological polar surface area (TPSA) is 62.3 Å². The number of sulfonamides is 1. The third kappa shape index (κ3) is 5.05. The van der Waals surface area contributed by atoms with E-state index in [4.69, 9.17) is 0 Å². The number of likely N-dealkylation sites (N-methyl/N-ethyl adjacent to an activating group) is 1. The molecule has 5 nitrogen and oxygen atoms in total. The Morgan fingerprint density at radius 1 is 1.48 bits per heavy atom. The summed E-state index contributed by atoms with van der Waals surface area (Å²) in [7, 11) is -1.10. The fourth-order valence-corrected chi connectivity index (χ4v) is 3.94. The summed E-state index contributed by atoms with van der Waals surface area (Å²) in [6.45, 7) is 1.32. The largest absolute Gasteiger partial charge is 0.317 e. The molecule has 0 saturated carbocycles. The summed E-state index contributed by atoms with van der Waals surface area (Å²) in [5.74, 6) is 0.426. The monoisotopic (exact) mass is 311 g/mol. The van der Waals surface area contributed by atoms with Crippen LogP contribution in [0.5, 0.6) is 0 Å². The number of rotatable bonds is 6. The third-order valence-corrected chi connectivity index (χ3v) is 5.43. The van der Waals surface area contributed by atoms with Gasteiger partial charge in [0, 0.05) is 37.4 Å². The summed E-state index contributed by atoms with van der Waals surface area (Å²) < 4.78 is 25.0.